The number of para-hydroxylation sites is 1. The summed E-state index contributed by atoms with van der Waals surface area (Å²) in [4.78, 5) is 12.1. The molecule has 1 N–H and O–H groups in total. The number of fused-ring (bicyclic) bond motifs is 1. The molecule has 3 rings (SSSR count). The van der Waals surface area contributed by atoms with Crippen molar-refractivity contribution in [2.24, 2.45) is 0 Å². The quantitative estimate of drug-likeness (QED) is 0.678. The van der Waals surface area contributed by atoms with Crippen molar-refractivity contribution in [3.63, 3.8) is 0 Å². The molecule has 0 fully saturated rings. The Morgan fingerprint density at radius 3 is 2.41 bits per heavy atom. The lowest BCUT2D eigenvalue weighted by Gasteiger charge is -2.01. The van der Waals surface area contributed by atoms with Crippen LogP contribution in [0.1, 0.15) is 5.56 Å². The van der Waals surface area contributed by atoms with Crippen molar-refractivity contribution in [1.82, 2.24) is 9.78 Å². The standard InChI is InChI=1S/C14H12N2O/c1-10-6-8-11(9-7-10)16-14(17)12-4-2-3-5-13(12)15-16/h2-9,15H,1H3. The molecule has 1 aromatic heterocycles. The van der Waals surface area contributed by atoms with E-state index in [0.717, 1.165) is 11.2 Å². The third-order valence-corrected chi connectivity index (χ3v) is 2.88. The van der Waals surface area contributed by atoms with Gasteiger partial charge in [0.1, 0.15) is 0 Å². The molecule has 0 unspecified atom stereocenters. The molecule has 3 aromatic rings. The first-order valence-corrected chi connectivity index (χ1v) is 5.52. The van der Waals surface area contributed by atoms with Crippen molar-refractivity contribution in [3.8, 4) is 5.69 Å². The van der Waals surface area contributed by atoms with E-state index in [9.17, 15) is 4.79 Å². The molecule has 17 heavy (non-hydrogen) atoms. The van der Waals surface area contributed by atoms with Gasteiger partial charge in [-0.3, -0.25) is 9.89 Å². The van der Waals surface area contributed by atoms with Gasteiger partial charge in [-0.25, -0.2) is 4.68 Å². The topological polar surface area (TPSA) is 37.8 Å². The largest absolute Gasteiger partial charge is 0.290 e. The summed E-state index contributed by atoms with van der Waals surface area (Å²) in [6.45, 7) is 2.03. The van der Waals surface area contributed by atoms with Crippen LogP contribution < -0.4 is 5.56 Å². The Balaban J connectivity index is 2.27. The summed E-state index contributed by atoms with van der Waals surface area (Å²) >= 11 is 0. The minimum absolute atomic E-state index is 0.00977. The zero-order valence-electron chi connectivity index (χ0n) is 9.47. The van der Waals surface area contributed by atoms with Crippen LogP contribution in [0.5, 0.6) is 0 Å². The van der Waals surface area contributed by atoms with E-state index < -0.39 is 0 Å². The number of aromatic amines is 1. The van der Waals surface area contributed by atoms with Gasteiger partial charge in [-0.2, -0.15) is 0 Å². The molecule has 84 valence electrons. The first kappa shape index (κ1) is 9.90. The number of aromatic nitrogens is 2. The number of H-pyrrole nitrogens is 1. The fourth-order valence-electron chi connectivity index (χ4n) is 1.93. The van der Waals surface area contributed by atoms with Crippen LogP contribution in [0.15, 0.2) is 53.3 Å². The predicted molar refractivity (Wildman–Crippen MR) is 68.6 cm³/mol. The fourth-order valence-corrected chi connectivity index (χ4v) is 1.93. The third kappa shape index (κ3) is 1.56. The van der Waals surface area contributed by atoms with Crippen LogP contribution in [0, 0.1) is 6.92 Å². The van der Waals surface area contributed by atoms with E-state index in [1.54, 1.807) is 4.68 Å². The number of nitrogens with zero attached hydrogens (tertiary/aromatic N) is 1. The van der Waals surface area contributed by atoms with E-state index in [-0.39, 0.29) is 5.56 Å². The molecule has 0 atom stereocenters. The Morgan fingerprint density at radius 1 is 1.00 bits per heavy atom. The summed E-state index contributed by atoms with van der Waals surface area (Å²) < 4.78 is 1.57. The van der Waals surface area contributed by atoms with Crippen LogP contribution in [0.25, 0.3) is 16.6 Å². The van der Waals surface area contributed by atoms with Crippen LogP contribution in [0.2, 0.25) is 0 Å². The molecule has 0 aliphatic rings. The Bertz CT molecular complexity index is 720. The van der Waals surface area contributed by atoms with Crippen molar-refractivity contribution >= 4 is 10.9 Å². The fraction of sp³-hybridized carbons (Fsp3) is 0.0714. The van der Waals surface area contributed by atoms with Gasteiger partial charge in [0.05, 0.1) is 16.6 Å². The van der Waals surface area contributed by atoms with Gasteiger partial charge in [0.15, 0.2) is 0 Å². The lowest BCUT2D eigenvalue weighted by atomic mass is 10.2. The number of aryl methyl sites for hydroxylation is 1. The molecule has 3 heteroatoms. The first-order chi connectivity index (χ1) is 8.25. The molecule has 0 spiro atoms. The smallest absolute Gasteiger partial charge is 0.279 e. The maximum absolute atomic E-state index is 12.1. The van der Waals surface area contributed by atoms with Gasteiger partial charge in [0.2, 0.25) is 0 Å². The average molecular weight is 224 g/mol. The minimum atomic E-state index is -0.00977. The summed E-state index contributed by atoms with van der Waals surface area (Å²) in [5, 5.41) is 3.82. The van der Waals surface area contributed by atoms with Crippen LogP contribution in [0.4, 0.5) is 0 Å². The molecule has 0 bridgehead atoms. The number of rotatable bonds is 1. The summed E-state index contributed by atoms with van der Waals surface area (Å²) in [5.74, 6) is 0. The van der Waals surface area contributed by atoms with E-state index in [2.05, 4.69) is 5.10 Å². The van der Waals surface area contributed by atoms with Gasteiger partial charge in [0.25, 0.3) is 5.56 Å². The van der Waals surface area contributed by atoms with Crippen LogP contribution in [0.3, 0.4) is 0 Å². The van der Waals surface area contributed by atoms with Crippen molar-refractivity contribution in [3.05, 3.63) is 64.4 Å². The molecule has 0 amide bonds. The van der Waals surface area contributed by atoms with E-state index >= 15 is 0 Å². The molecule has 3 nitrogen and oxygen atoms in total. The molecule has 0 saturated carbocycles. The van der Waals surface area contributed by atoms with Crippen molar-refractivity contribution < 1.29 is 0 Å². The van der Waals surface area contributed by atoms with Crippen LogP contribution in [-0.2, 0) is 0 Å². The van der Waals surface area contributed by atoms with Crippen molar-refractivity contribution in [1.29, 1.82) is 0 Å². The Labute approximate surface area is 98.3 Å². The number of hydrogen-bond donors (Lipinski definition) is 1. The summed E-state index contributed by atoms with van der Waals surface area (Å²) in [7, 11) is 0. The predicted octanol–water partition coefficient (Wildman–Crippen LogP) is 2.63. The van der Waals surface area contributed by atoms with E-state index in [0.29, 0.717) is 5.39 Å². The molecule has 0 aliphatic carbocycles. The molecule has 0 radical (unpaired) electrons. The SMILES string of the molecule is Cc1ccc(-n2[nH]c3ccccc3c2=O)cc1. The maximum Gasteiger partial charge on any atom is 0.279 e. The highest BCUT2D eigenvalue weighted by Crippen LogP contribution is 2.11. The zero-order valence-corrected chi connectivity index (χ0v) is 9.47. The Morgan fingerprint density at radius 2 is 1.71 bits per heavy atom. The number of benzene rings is 2. The molecule has 0 aliphatic heterocycles. The van der Waals surface area contributed by atoms with Gasteiger partial charge in [-0.15, -0.1) is 0 Å². The van der Waals surface area contributed by atoms with Gasteiger partial charge in [-0.1, -0.05) is 29.8 Å². The molecular weight excluding hydrogens is 212 g/mol. The van der Waals surface area contributed by atoms with E-state index in [1.807, 2.05) is 55.5 Å². The second kappa shape index (κ2) is 3.63. The summed E-state index contributed by atoms with van der Waals surface area (Å²) in [6.07, 6.45) is 0. The normalized spacial score (nSPS) is 10.9. The number of nitrogens with one attached hydrogen (secondary N) is 1. The van der Waals surface area contributed by atoms with Crippen LogP contribution >= 0.6 is 0 Å². The highest BCUT2D eigenvalue weighted by atomic mass is 16.1. The third-order valence-electron chi connectivity index (χ3n) is 2.88. The molecule has 1 heterocycles. The van der Waals surface area contributed by atoms with Crippen molar-refractivity contribution in [2.75, 3.05) is 0 Å². The lowest BCUT2D eigenvalue weighted by molar-refractivity contribution is 0.863. The van der Waals surface area contributed by atoms with Crippen LogP contribution in [-0.4, -0.2) is 9.78 Å². The Hall–Kier alpha value is -2.29. The van der Waals surface area contributed by atoms with E-state index in [1.165, 1.54) is 5.56 Å². The van der Waals surface area contributed by atoms with Crippen molar-refractivity contribution in [2.45, 2.75) is 6.92 Å². The molecule has 2 aromatic carbocycles. The summed E-state index contributed by atoms with van der Waals surface area (Å²) in [5.41, 5.74) is 2.89. The number of hydrogen-bond acceptors (Lipinski definition) is 1. The molecule has 0 saturated heterocycles. The first-order valence-electron chi connectivity index (χ1n) is 5.52. The Kier molecular flexibility index (Phi) is 2.11. The average Bonchev–Trinajstić information content (AvgIpc) is 2.69. The zero-order chi connectivity index (χ0) is 11.8. The molecular formula is C14H12N2O. The highest BCUT2D eigenvalue weighted by molar-refractivity contribution is 5.78. The van der Waals surface area contributed by atoms with Gasteiger partial charge in [0, 0.05) is 0 Å². The van der Waals surface area contributed by atoms with Gasteiger partial charge >= 0.3 is 0 Å². The van der Waals surface area contributed by atoms with Gasteiger partial charge in [-0.05, 0) is 31.2 Å². The minimum Gasteiger partial charge on any atom is -0.290 e. The second-order valence-corrected chi connectivity index (χ2v) is 4.13. The summed E-state index contributed by atoms with van der Waals surface area (Å²) in [6, 6.07) is 15.4. The highest BCUT2D eigenvalue weighted by Gasteiger charge is 2.06. The monoisotopic (exact) mass is 224 g/mol. The maximum atomic E-state index is 12.1. The lowest BCUT2D eigenvalue weighted by Crippen LogP contribution is -2.13. The second-order valence-electron chi connectivity index (χ2n) is 4.13. The van der Waals surface area contributed by atoms with Gasteiger partial charge < -0.3 is 0 Å². The van der Waals surface area contributed by atoms with E-state index in [4.69, 9.17) is 0 Å².